The summed E-state index contributed by atoms with van der Waals surface area (Å²) in [6.45, 7) is 2.83. The van der Waals surface area contributed by atoms with Gasteiger partial charge in [-0.2, -0.15) is 0 Å². The smallest absolute Gasteiger partial charge is 0.306 e. The summed E-state index contributed by atoms with van der Waals surface area (Å²) in [6, 6.07) is 1.79. The average molecular weight is 318 g/mol. The first-order chi connectivity index (χ1) is 11.1. The van der Waals surface area contributed by atoms with Crippen molar-refractivity contribution < 1.29 is 14.7 Å². The Morgan fingerprint density at radius 1 is 0.957 bits per heavy atom. The zero-order valence-electron chi connectivity index (χ0n) is 13.1. The maximum atomic E-state index is 12.6. The molecule has 0 radical (unpaired) electrons. The largest absolute Gasteiger partial charge is 0.481 e. The maximum absolute atomic E-state index is 12.6. The summed E-state index contributed by atoms with van der Waals surface area (Å²) < 4.78 is 0. The summed E-state index contributed by atoms with van der Waals surface area (Å²) in [6.07, 6.45) is 6.06. The first kappa shape index (κ1) is 15.7. The molecular formula is C16H22N4O3. The standard InChI is InChI=1S/C16H22N4O3/c21-14(12-2-4-13(5-3-12)15(22)23)19-8-10-20(11-9-19)16-17-6-1-7-18-16/h1,6-7,12-13H,2-5,8-11H2,(H,22,23). The van der Waals surface area contributed by atoms with Gasteiger partial charge in [-0.05, 0) is 31.7 Å². The minimum absolute atomic E-state index is 0.00914. The number of aliphatic carboxylic acids is 1. The number of carboxylic acids is 1. The molecule has 1 aromatic rings. The lowest BCUT2D eigenvalue weighted by atomic mass is 9.81. The normalized spacial score (nSPS) is 25.2. The quantitative estimate of drug-likeness (QED) is 0.895. The van der Waals surface area contributed by atoms with Gasteiger partial charge in [0, 0.05) is 44.5 Å². The van der Waals surface area contributed by atoms with Gasteiger partial charge in [-0.3, -0.25) is 9.59 Å². The lowest BCUT2D eigenvalue weighted by Crippen LogP contribution is -2.51. The molecule has 1 saturated carbocycles. The van der Waals surface area contributed by atoms with Gasteiger partial charge in [-0.1, -0.05) is 0 Å². The van der Waals surface area contributed by atoms with Gasteiger partial charge < -0.3 is 14.9 Å². The first-order valence-electron chi connectivity index (χ1n) is 8.18. The molecule has 3 rings (SSSR count). The predicted molar refractivity (Wildman–Crippen MR) is 83.9 cm³/mol. The SMILES string of the molecule is O=C(O)C1CCC(C(=O)N2CCN(c3ncccn3)CC2)CC1. The van der Waals surface area contributed by atoms with Crippen molar-refractivity contribution in [1.29, 1.82) is 0 Å². The molecule has 0 spiro atoms. The average Bonchev–Trinajstić information content (AvgIpc) is 2.62. The second kappa shape index (κ2) is 6.93. The van der Waals surface area contributed by atoms with E-state index in [9.17, 15) is 9.59 Å². The summed E-state index contributed by atoms with van der Waals surface area (Å²) in [7, 11) is 0. The van der Waals surface area contributed by atoms with E-state index in [0.29, 0.717) is 44.7 Å². The summed E-state index contributed by atoms with van der Waals surface area (Å²) in [4.78, 5) is 36.1. The van der Waals surface area contributed by atoms with Crippen molar-refractivity contribution in [3.05, 3.63) is 18.5 Å². The third-order valence-electron chi connectivity index (χ3n) is 4.85. The van der Waals surface area contributed by atoms with Crippen LogP contribution in [0.25, 0.3) is 0 Å². The van der Waals surface area contributed by atoms with Gasteiger partial charge >= 0.3 is 5.97 Å². The molecule has 2 heterocycles. The number of nitrogens with zero attached hydrogens (tertiary/aromatic N) is 4. The molecule has 0 atom stereocenters. The van der Waals surface area contributed by atoms with E-state index in [1.807, 2.05) is 4.90 Å². The van der Waals surface area contributed by atoms with E-state index in [-0.39, 0.29) is 17.7 Å². The Hall–Kier alpha value is -2.18. The number of rotatable bonds is 3. The number of amides is 1. The third kappa shape index (κ3) is 3.60. The van der Waals surface area contributed by atoms with Crippen molar-refractivity contribution in [1.82, 2.24) is 14.9 Å². The van der Waals surface area contributed by atoms with Crippen LogP contribution in [0.1, 0.15) is 25.7 Å². The molecule has 1 saturated heterocycles. The van der Waals surface area contributed by atoms with E-state index < -0.39 is 5.97 Å². The zero-order chi connectivity index (χ0) is 16.2. The molecule has 7 nitrogen and oxygen atoms in total. The molecule has 1 aromatic heterocycles. The number of piperazine rings is 1. The Morgan fingerprint density at radius 3 is 2.09 bits per heavy atom. The van der Waals surface area contributed by atoms with Crippen LogP contribution in [0.5, 0.6) is 0 Å². The van der Waals surface area contributed by atoms with Crippen LogP contribution in [0.3, 0.4) is 0 Å². The molecule has 124 valence electrons. The number of hydrogen-bond donors (Lipinski definition) is 1. The van der Waals surface area contributed by atoms with Gasteiger partial charge in [0.1, 0.15) is 0 Å². The topological polar surface area (TPSA) is 86.6 Å². The van der Waals surface area contributed by atoms with Crippen molar-refractivity contribution in [2.75, 3.05) is 31.1 Å². The van der Waals surface area contributed by atoms with Crippen LogP contribution in [-0.4, -0.2) is 58.0 Å². The van der Waals surface area contributed by atoms with Crippen LogP contribution in [0.2, 0.25) is 0 Å². The van der Waals surface area contributed by atoms with Gasteiger partial charge in [0.2, 0.25) is 11.9 Å². The highest BCUT2D eigenvalue weighted by molar-refractivity contribution is 5.79. The molecule has 1 aliphatic heterocycles. The highest BCUT2D eigenvalue weighted by Crippen LogP contribution is 2.30. The molecule has 1 N–H and O–H groups in total. The molecule has 23 heavy (non-hydrogen) atoms. The molecule has 2 fully saturated rings. The summed E-state index contributed by atoms with van der Waals surface area (Å²) in [5.41, 5.74) is 0. The van der Waals surface area contributed by atoms with E-state index in [2.05, 4.69) is 14.9 Å². The molecule has 0 bridgehead atoms. The Labute approximate surface area is 135 Å². The minimum atomic E-state index is -0.729. The van der Waals surface area contributed by atoms with Crippen molar-refractivity contribution >= 4 is 17.8 Å². The van der Waals surface area contributed by atoms with Gasteiger partial charge in [-0.25, -0.2) is 9.97 Å². The molecule has 0 unspecified atom stereocenters. The Kier molecular flexibility index (Phi) is 4.73. The fraction of sp³-hybridized carbons (Fsp3) is 0.625. The lowest BCUT2D eigenvalue weighted by molar-refractivity contribution is -0.145. The van der Waals surface area contributed by atoms with Crippen LogP contribution in [0.15, 0.2) is 18.5 Å². The molecular weight excluding hydrogens is 296 g/mol. The van der Waals surface area contributed by atoms with Gasteiger partial charge in [0.25, 0.3) is 0 Å². The minimum Gasteiger partial charge on any atom is -0.481 e. The van der Waals surface area contributed by atoms with E-state index in [1.54, 1.807) is 18.5 Å². The van der Waals surface area contributed by atoms with Gasteiger partial charge in [-0.15, -0.1) is 0 Å². The van der Waals surface area contributed by atoms with Crippen LogP contribution < -0.4 is 4.90 Å². The summed E-state index contributed by atoms with van der Waals surface area (Å²) >= 11 is 0. The van der Waals surface area contributed by atoms with Crippen LogP contribution in [-0.2, 0) is 9.59 Å². The zero-order valence-corrected chi connectivity index (χ0v) is 13.1. The highest BCUT2D eigenvalue weighted by atomic mass is 16.4. The van der Waals surface area contributed by atoms with E-state index >= 15 is 0 Å². The Balaban J connectivity index is 1.50. The van der Waals surface area contributed by atoms with E-state index in [1.165, 1.54) is 0 Å². The van der Waals surface area contributed by atoms with Crippen molar-refractivity contribution in [3.8, 4) is 0 Å². The summed E-state index contributed by atoms with van der Waals surface area (Å²) in [5.74, 6) is -0.118. The molecule has 0 aromatic carbocycles. The molecule has 2 aliphatic rings. The van der Waals surface area contributed by atoms with E-state index in [4.69, 9.17) is 5.11 Å². The van der Waals surface area contributed by atoms with Crippen LogP contribution in [0, 0.1) is 11.8 Å². The number of carboxylic acid groups (broad SMARTS) is 1. The molecule has 1 aliphatic carbocycles. The monoisotopic (exact) mass is 318 g/mol. The van der Waals surface area contributed by atoms with Crippen molar-refractivity contribution in [2.45, 2.75) is 25.7 Å². The number of hydrogen-bond acceptors (Lipinski definition) is 5. The number of carbonyl (C=O) groups excluding carboxylic acids is 1. The fourth-order valence-electron chi connectivity index (χ4n) is 3.43. The van der Waals surface area contributed by atoms with Crippen LogP contribution >= 0.6 is 0 Å². The second-order valence-electron chi connectivity index (χ2n) is 6.25. The van der Waals surface area contributed by atoms with Crippen molar-refractivity contribution in [2.24, 2.45) is 11.8 Å². The maximum Gasteiger partial charge on any atom is 0.306 e. The predicted octanol–water partition coefficient (Wildman–Crippen LogP) is 1.02. The first-order valence-corrected chi connectivity index (χ1v) is 8.18. The lowest BCUT2D eigenvalue weighted by Gasteiger charge is -2.37. The van der Waals surface area contributed by atoms with Crippen LogP contribution in [0.4, 0.5) is 5.95 Å². The Morgan fingerprint density at radius 2 is 1.52 bits per heavy atom. The highest BCUT2D eigenvalue weighted by Gasteiger charge is 2.33. The fourth-order valence-corrected chi connectivity index (χ4v) is 3.43. The number of carbonyl (C=O) groups is 2. The van der Waals surface area contributed by atoms with Gasteiger partial charge in [0.05, 0.1) is 5.92 Å². The van der Waals surface area contributed by atoms with Crippen molar-refractivity contribution in [3.63, 3.8) is 0 Å². The second-order valence-corrected chi connectivity index (χ2v) is 6.25. The summed E-state index contributed by atoms with van der Waals surface area (Å²) in [5, 5.41) is 9.04. The third-order valence-corrected chi connectivity index (χ3v) is 4.85. The number of anilines is 1. The molecule has 7 heteroatoms. The Bertz CT molecular complexity index is 550. The number of aromatic nitrogens is 2. The molecule has 1 amide bonds. The van der Waals surface area contributed by atoms with Gasteiger partial charge in [0.15, 0.2) is 0 Å². The van der Waals surface area contributed by atoms with E-state index in [0.717, 1.165) is 13.1 Å².